The summed E-state index contributed by atoms with van der Waals surface area (Å²) in [4.78, 5) is 0. The highest BCUT2D eigenvalue weighted by atomic mass is 16.5. The molecule has 1 aliphatic rings. The van der Waals surface area contributed by atoms with Gasteiger partial charge in [-0.1, -0.05) is 24.6 Å². The molecule has 0 spiro atoms. The molecular formula is C14H22N2O. The Kier molecular flexibility index (Phi) is 4.40. The van der Waals surface area contributed by atoms with Crippen LogP contribution in [0.15, 0.2) is 24.3 Å². The fraction of sp³-hybridized carbons (Fsp3) is 0.571. The van der Waals surface area contributed by atoms with Gasteiger partial charge in [-0.25, -0.2) is 10.4 Å². The van der Waals surface area contributed by atoms with Crippen molar-refractivity contribution >= 4 is 0 Å². The number of piperidine rings is 1. The van der Waals surface area contributed by atoms with Crippen LogP contribution in [0.1, 0.15) is 37.8 Å². The van der Waals surface area contributed by atoms with Crippen LogP contribution in [0.5, 0.6) is 5.75 Å². The molecule has 94 valence electrons. The summed E-state index contributed by atoms with van der Waals surface area (Å²) >= 11 is 0. The highest BCUT2D eigenvalue weighted by molar-refractivity contribution is 5.35. The number of rotatable bonds is 4. The van der Waals surface area contributed by atoms with Crippen LogP contribution in [0.4, 0.5) is 0 Å². The van der Waals surface area contributed by atoms with Crippen LogP contribution in [-0.4, -0.2) is 25.2 Å². The second-order valence-corrected chi connectivity index (χ2v) is 4.64. The van der Waals surface area contributed by atoms with Crippen molar-refractivity contribution in [2.24, 2.45) is 0 Å². The quantitative estimate of drug-likeness (QED) is 0.867. The molecule has 3 nitrogen and oxygen atoms in total. The molecule has 3 heteroatoms. The van der Waals surface area contributed by atoms with Crippen LogP contribution in [0.3, 0.4) is 0 Å². The predicted molar refractivity (Wildman–Crippen MR) is 70.0 cm³/mol. The molecule has 1 aliphatic heterocycles. The minimum absolute atomic E-state index is 0.296. The molecule has 1 heterocycles. The number of hydrazine groups is 1. The first kappa shape index (κ1) is 12.4. The van der Waals surface area contributed by atoms with Crippen molar-refractivity contribution in [3.05, 3.63) is 29.8 Å². The first-order chi connectivity index (χ1) is 8.31. The van der Waals surface area contributed by atoms with Gasteiger partial charge in [0.2, 0.25) is 0 Å². The maximum absolute atomic E-state index is 5.40. The molecule has 1 aromatic carbocycles. The van der Waals surface area contributed by atoms with Crippen molar-refractivity contribution in [1.29, 1.82) is 0 Å². The first-order valence-corrected chi connectivity index (χ1v) is 6.45. The van der Waals surface area contributed by atoms with Crippen molar-refractivity contribution in [2.75, 3.05) is 20.2 Å². The van der Waals surface area contributed by atoms with Crippen LogP contribution in [0.2, 0.25) is 0 Å². The van der Waals surface area contributed by atoms with Gasteiger partial charge >= 0.3 is 0 Å². The van der Waals surface area contributed by atoms with Gasteiger partial charge in [-0.3, -0.25) is 0 Å². The number of ether oxygens (including phenoxy) is 1. The van der Waals surface area contributed by atoms with Crippen molar-refractivity contribution < 1.29 is 4.74 Å². The second-order valence-electron chi connectivity index (χ2n) is 4.64. The summed E-state index contributed by atoms with van der Waals surface area (Å²) < 4.78 is 5.40. The Hall–Kier alpha value is -1.06. The molecule has 1 saturated heterocycles. The van der Waals surface area contributed by atoms with E-state index < -0.39 is 0 Å². The number of hydrogen-bond donors (Lipinski definition) is 1. The van der Waals surface area contributed by atoms with Gasteiger partial charge in [0.25, 0.3) is 0 Å². The van der Waals surface area contributed by atoms with Gasteiger partial charge in [0.05, 0.1) is 7.11 Å². The SMILES string of the molecule is COc1ccccc1C(C)NN1CCCCC1. The van der Waals surface area contributed by atoms with E-state index in [-0.39, 0.29) is 0 Å². The fourth-order valence-corrected chi connectivity index (χ4v) is 2.39. The summed E-state index contributed by atoms with van der Waals surface area (Å²) in [5, 5.41) is 2.33. The first-order valence-electron chi connectivity index (χ1n) is 6.45. The monoisotopic (exact) mass is 234 g/mol. The molecule has 1 atom stereocenters. The highest BCUT2D eigenvalue weighted by Crippen LogP contribution is 2.24. The molecule has 0 saturated carbocycles. The summed E-state index contributed by atoms with van der Waals surface area (Å²) in [6.07, 6.45) is 3.96. The van der Waals surface area contributed by atoms with E-state index >= 15 is 0 Å². The van der Waals surface area contributed by atoms with Crippen molar-refractivity contribution in [2.45, 2.75) is 32.2 Å². The van der Waals surface area contributed by atoms with E-state index in [0.29, 0.717) is 6.04 Å². The van der Waals surface area contributed by atoms with Gasteiger partial charge in [-0.2, -0.15) is 0 Å². The molecule has 0 amide bonds. The van der Waals surface area contributed by atoms with Gasteiger partial charge in [-0.15, -0.1) is 0 Å². The van der Waals surface area contributed by atoms with Crippen molar-refractivity contribution in [3.63, 3.8) is 0 Å². The second kappa shape index (κ2) is 6.03. The Morgan fingerprint density at radius 1 is 1.18 bits per heavy atom. The summed E-state index contributed by atoms with van der Waals surface area (Å²) in [5.41, 5.74) is 4.79. The van der Waals surface area contributed by atoms with Crippen LogP contribution < -0.4 is 10.2 Å². The Labute approximate surface area is 104 Å². The van der Waals surface area contributed by atoms with E-state index in [1.165, 1.54) is 24.8 Å². The standard InChI is InChI=1S/C14H22N2O/c1-12(15-16-10-6-3-7-11-16)13-8-4-5-9-14(13)17-2/h4-5,8-9,12,15H,3,6-7,10-11H2,1-2H3. The molecule has 1 unspecified atom stereocenters. The Morgan fingerprint density at radius 2 is 1.88 bits per heavy atom. The molecular weight excluding hydrogens is 212 g/mol. The van der Waals surface area contributed by atoms with Gasteiger partial charge in [0, 0.05) is 24.7 Å². The minimum Gasteiger partial charge on any atom is -0.496 e. The maximum atomic E-state index is 5.40. The lowest BCUT2D eigenvalue weighted by molar-refractivity contribution is 0.132. The zero-order chi connectivity index (χ0) is 12.1. The predicted octanol–water partition coefficient (Wildman–Crippen LogP) is 2.75. The van der Waals surface area contributed by atoms with Crippen LogP contribution in [0.25, 0.3) is 0 Å². The summed E-state index contributed by atoms with van der Waals surface area (Å²) in [5.74, 6) is 0.963. The molecule has 0 radical (unpaired) electrons. The van der Waals surface area contributed by atoms with E-state index in [1.807, 2.05) is 12.1 Å². The lowest BCUT2D eigenvalue weighted by Gasteiger charge is -2.30. The lowest BCUT2D eigenvalue weighted by Crippen LogP contribution is -2.42. The van der Waals surface area contributed by atoms with Crippen molar-refractivity contribution in [3.8, 4) is 5.75 Å². The van der Waals surface area contributed by atoms with Crippen molar-refractivity contribution in [1.82, 2.24) is 10.4 Å². The molecule has 2 rings (SSSR count). The van der Waals surface area contributed by atoms with Gasteiger partial charge in [-0.05, 0) is 25.8 Å². The Morgan fingerprint density at radius 3 is 2.59 bits per heavy atom. The van der Waals surface area contributed by atoms with Crippen LogP contribution >= 0.6 is 0 Å². The third kappa shape index (κ3) is 3.20. The third-order valence-electron chi connectivity index (χ3n) is 3.34. The number of hydrogen-bond acceptors (Lipinski definition) is 3. The smallest absolute Gasteiger partial charge is 0.123 e. The molecule has 0 bridgehead atoms. The Bertz CT molecular complexity index is 348. The molecule has 1 aromatic rings. The molecule has 1 fully saturated rings. The van der Waals surface area contributed by atoms with Gasteiger partial charge < -0.3 is 4.74 Å². The average Bonchev–Trinajstić information content (AvgIpc) is 2.40. The van der Waals surface area contributed by atoms with E-state index in [0.717, 1.165) is 18.8 Å². The van der Waals surface area contributed by atoms with E-state index in [4.69, 9.17) is 4.74 Å². The number of para-hydroxylation sites is 1. The minimum atomic E-state index is 0.296. The van der Waals surface area contributed by atoms with Gasteiger partial charge in [0.15, 0.2) is 0 Å². The normalized spacial score (nSPS) is 18.9. The highest BCUT2D eigenvalue weighted by Gasteiger charge is 2.15. The van der Waals surface area contributed by atoms with E-state index in [2.05, 4.69) is 29.5 Å². The van der Waals surface area contributed by atoms with Crippen LogP contribution in [-0.2, 0) is 0 Å². The topological polar surface area (TPSA) is 24.5 Å². The third-order valence-corrected chi connectivity index (χ3v) is 3.34. The number of methoxy groups -OCH3 is 1. The van der Waals surface area contributed by atoms with E-state index in [1.54, 1.807) is 7.11 Å². The number of nitrogens with zero attached hydrogens (tertiary/aromatic N) is 1. The van der Waals surface area contributed by atoms with Crippen LogP contribution in [0, 0.1) is 0 Å². The summed E-state index contributed by atoms with van der Waals surface area (Å²) in [7, 11) is 1.73. The fourth-order valence-electron chi connectivity index (χ4n) is 2.39. The van der Waals surface area contributed by atoms with E-state index in [9.17, 15) is 0 Å². The summed E-state index contributed by atoms with van der Waals surface area (Å²) in [6, 6.07) is 8.51. The molecule has 17 heavy (non-hydrogen) atoms. The summed E-state index contributed by atoms with van der Waals surface area (Å²) in [6.45, 7) is 4.49. The molecule has 0 aromatic heterocycles. The zero-order valence-electron chi connectivity index (χ0n) is 10.8. The lowest BCUT2D eigenvalue weighted by atomic mass is 10.1. The maximum Gasteiger partial charge on any atom is 0.123 e. The largest absolute Gasteiger partial charge is 0.496 e. The number of benzene rings is 1. The molecule has 1 N–H and O–H groups in total. The average molecular weight is 234 g/mol. The van der Waals surface area contributed by atoms with Gasteiger partial charge in [0.1, 0.15) is 5.75 Å². The number of nitrogens with one attached hydrogen (secondary N) is 1. The molecule has 0 aliphatic carbocycles. The zero-order valence-corrected chi connectivity index (χ0v) is 10.8. The Balaban J connectivity index is 2.00.